The van der Waals surface area contributed by atoms with Crippen LogP contribution in [0, 0.1) is 0 Å². The lowest BCUT2D eigenvalue weighted by molar-refractivity contribution is 0.207. The maximum atomic E-state index is 12.1. The van der Waals surface area contributed by atoms with Crippen molar-refractivity contribution in [2.45, 2.75) is 18.8 Å². The normalized spacial score (nSPS) is 11.3. The van der Waals surface area contributed by atoms with Crippen LogP contribution in [0.15, 0.2) is 40.2 Å². The summed E-state index contributed by atoms with van der Waals surface area (Å²) in [5.74, 6) is 0.0265. The summed E-state index contributed by atoms with van der Waals surface area (Å²) in [6, 6.07) is 11.0. The van der Waals surface area contributed by atoms with Crippen molar-refractivity contribution in [3.05, 3.63) is 56.2 Å². The van der Waals surface area contributed by atoms with Crippen LogP contribution in [-0.4, -0.2) is 32.7 Å². The zero-order valence-electron chi connectivity index (χ0n) is 13.5. The monoisotopic (exact) mass is 430 g/mol. The lowest BCUT2D eigenvalue weighted by atomic mass is 10.1. The van der Waals surface area contributed by atoms with E-state index in [9.17, 15) is 13.2 Å². The number of carbonyl (C=O) groups is 1. The summed E-state index contributed by atoms with van der Waals surface area (Å²) < 4.78 is 23.6. The van der Waals surface area contributed by atoms with Crippen molar-refractivity contribution in [3.8, 4) is 0 Å². The van der Waals surface area contributed by atoms with Crippen LogP contribution in [0.5, 0.6) is 0 Å². The van der Waals surface area contributed by atoms with E-state index in [4.69, 9.17) is 0 Å². The molecule has 8 heteroatoms. The first-order valence-electron chi connectivity index (χ1n) is 7.21. The zero-order valence-corrected chi connectivity index (χ0v) is 16.7. The van der Waals surface area contributed by atoms with Crippen molar-refractivity contribution in [1.82, 2.24) is 10.2 Å². The van der Waals surface area contributed by atoms with Crippen LogP contribution in [0.1, 0.15) is 16.0 Å². The van der Waals surface area contributed by atoms with Gasteiger partial charge in [0, 0.05) is 24.7 Å². The molecule has 2 aromatic rings. The van der Waals surface area contributed by atoms with Gasteiger partial charge in [0.15, 0.2) is 9.84 Å². The summed E-state index contributed by atoms with van der Waals surface area (Å²) in [5.41, 5.74) is 1.67. The van der Waals surface area contributed by atoms with Gasteiger partial charge >= 0.3 is 6.03 Å². The Balaban J connectivity index is 1.84. The molecule has 0 aliphatic rings. The number of amides is 2. The van der Waals surface area contributed by atoms with Gasteiger partial charge in [0.1, 0.15) is 0 Å². The zero-order chi connectivity index (χ0) is 17.7. The molecule has 0 saturated heterocycles. The van der Waals surface area contributed by atoms with E-state index >= 15 is 0 Å². The van der Waals surface area contributed by atoms with Crippen molar-refractivity contribution in [3.63, 3.8) is 0 Å². The smallest absolute Gasteiger partial charge is 0.317 e. The summed E-state index contributed by atoms with van der Waals surface area (Å²) in [5, 5.41) is 2.86. The second-order valence-corrected chi connectivity index (χ2v) is 10.3. The predicted octanol–water partition coefficient (Wildman–Crippen LogP) is 3.40. The van der Waals surface area contributed by atoms with Gasteiger partial charge < -0.3 is 10.2 Å². The van der Waals surface area contributed by atoms with Gasteiger partial charge in [0.2, 0.25) is 0 Å². The third kappa shape index (κ3) is 6.26. The van der Waals surface area contributed by atoms with E-state index in [1.807, 2.05) is 24.3 Å². The SMILES string of the molecule is CN(Cc1ccc(Br)s1)C(=O)NCc1ccc(CS(C)(=O)=O)cc1. The lowest BCUT2D eigenvalue weighted by Gasteiger charge is -2.17. The molecule has 0 spiro atoms. The molecule has 1 aromatic carbocycles. The van der Waals surface area contributed by atoms with Gasteiger partial charge in [0.05, 0.1) is 16.1 Å². The van der Waals surface area contributed by atoms with Crippen LogP contribution >= 0.6 is 27.3 Å². The van der Waals surface area contributed by atoms with E-state index in [1.54, 1.807) is 35.4 Å². The molecule has 0 saturated carbocycles. The third-order valence-corrected chi connectivity index (χ3v) is 5.73. The van der Waals surface area contributed by atoms with Crippen LogP contribution in [0.4, 0.5) is 4.79 Å². The molecule has 0 bridgehead atoms. The van der Waals surface area contributed by atoms with E-state index in [0.29, 0.717) is 13.1 Å². The van der Waals surface area contributed by atoms with E-state index in [-0.39, 0.29) is 11.8 Å². The number of halogens is 1. The molecule has 0 radical (unpaired) electrons. The summed E-state index contributed by atoms with van der Waals surface area (Å²) in [6.45, 7) is 0.950. The van der Waals surface area contributed by atoms with Gasteiger partial charge in [0.25, 0.3) is 0 Å². The Labute approximate surface area is 154 Å². The van der Waals surface area contributed by atoms with Gasteiger partial charge in [-0.05, 0) is 39.2 Å². The fraction of sp³-hybridized carbons (Fsp3) is 0.312. The van der Waals surface area contributed by atoms with Crippen molar-refractivity contribution < 1.29 is 13.2 Å². The van der Waals surface area contributed by atoms with Gasteiger partial charge in [-0.2, -0.15) is 0 Å². The van der Waals surface area contributed by atoms with E-state index in [2.05, 4.69) is 21.2 Å². The van der Waals surface area contributed by atoms with Gasteiger partial charge in [-0.1, -0.05) is 24.3 Å². The molecule has 0 unspecified atom stereocenters. The first-order chi connectivity index (χ1) is 11.2. The highest BCUT2D eigenvalue weighted by atomic mass is 79.9. The molecule has 0 aliphatic heterocycles. The highest BCUT2D eigenvalue weighted by molar-refractivity contribution is 9.11. The first kappa shape index (κ1) is 19.0. The number of hydrogen-bond donors (Lipinski definition) is 1. The minimum absolute atomic E-state index is 0.0265. The van der Waals surface area contributed by atoms with Gasteiger partial charge in [-0.3, -0.25) is 0 Å². The first-order valence-corrected chi connectivity index (χ1v) is 10.9. The summed E-state index contributed by atoms with van der Waals surface area (Å²) in [6.07, 6.45) is 1.21. The van der Waals surface area contributed by atoms with Crippen LogP contribution in [0.25, 0.3) is 0 Å². The minimum Gasteiger partial charge on any atom is -0.334 e. The molecule has 24 heavy (non-hydrogen) atoms. The number of benzene rings is 1. The van der Waals surface area contributed by atoms with E-state index in [0.717, 1.165) is 19.8 Å². The van der Waals surface area contributed by atoms with Crippen molar-refractivity contribution in [2.24, 2.45) is 0 Å². The largest absolute Gasteiger partial charge is 0.334 e. The molecule has 0 aliphatic carbocycles. The maximum absolute atomic E-state index is 12.1. The second kappa shape index (κ2) is 8.13. The molecular weight excluding hydrogens is 412 g/mol. The van der Waals surface area contributed by atoms with E-state index < -0.39 is 9.84 Å². The standard InChI is InChI=1S/C16H19BrN2O3S2/c1-19(10-14-7-8-15(17)23-14)16(20)18-9-12-3-5-13(6-4-12)11-24(2,21)22/h3-8H,9-11H2,1-2H3,(H,18,20). The van der Waals surface area contributed by atoms with Crippen molar-refractivity contribution in [1.29, 1.82) is 0 Å². The second-order valence-electron chi connectivity index (χ2n) is 5.61. The fourth-order valence-electron chi connectivity index (χ4n) is 2.11. The Hall–Kier alpha value is -1.38. The van der Waals surface area contributed by atoms with E-state index in [1.165, 1.54) is 6.26 Å². The molecule has 0 fully saturated rings. The Morgan fingerprint density at radius 1 is 1.17 bits per heavy atom. The maximum Gasteiger partial charge on any atom is 0.317 e. The molecule has 1 aromatic heterocycles. The van der Waals surface area contributed by atoms with Crippen molar-refractivity contribution in [2.75, 3.05) is 13.3 Å². The highest BCUT2D eigenvalue weighted by Crippen LogP contribution is 2.22. The van der Waals surface area contributed by atoms with Crippen LogP contribution < -0.4 is 5.32 Å². The number of rotatable bonds is 6. The summed E-state index contributed by atoms with van der Waals surface area (Å²) in [4.78, 5) is 14.8. The average molecular weight is 431 g/mol. The van der Waals surface area contributed by atoms with Crippen LogP contribution in [0.3, 0.4) is 0 Å². The minimum atomic E-state index is -3.03. The number of thiophene rings is 1. The number of nitrogens with zero attached hydrogens (tertiary/aromatic N) is 1. The van der Waals surface area contributed by atoms with Crippen LogP contribution in [0.2, 0.25) is 0 Å². The van der Waals surface area contributed by atoms with Gasteiger partial charge in [-0.15, -0.1) is 11.3 Å². The fourth-order valence-corrected chi connectivity index (χ4v) is 4.45. The number of sulfone groups is 1. The quantitative estimate of drug-likeness (QED) is 0.763. The molecule has 130 valence electrons. The summed E-state index contributed by atoms with van der Waals surface area (Å²) >= 11 is 5.01. The average Bonchev–Trinajstić information content (AvgIpc) is 2.89. The number of nitrogens with one attached hydrogen (secondary N) is 1. The molecule has 5 nitrogen and oxygen atoms in total. The Morgan fingerprint density at radius 2 is 1.79 bits per heavy atom. The van der Waals surface area contributed by atoms with Crippen LogP contribution in [-0.2, 0) is 28.7 Å². The molecule has 1 heterocycles. The molecule has 2 amide bonds. The number of hydrogen-bond acceptors (Lipinski definition) is 4. The molecule has 1 N–H and O–H groups in total. The number of urea groups is 1. The third-order valence-electron chi connectivity index (χ3n) is 3.26. The number of carbonyl (C=O) groups excluding carboxylic acids is 1. The lowest BCUT2D eigenvalue weighted by Crippen LogP contribution is -2.36. The summed E-state index contributed by atoms with van der Waals surface area (Å²) in [7, 11) is -1.29. The van der Waals surface area contributed by atoms with Gasteiger partial charge in [-0.25, -0.2) is 13.2 Å². The van der Waals surface area contributed by atoms with Crippen molar-refractivity contribution >= 4 is 43.1 Å². The molecule has 2 rings (SSSR count). The highest BCUT2D eigenvalue weighted by Gasteiger charge is 2.10. The molecule has 0 atom stereocenters. The Kier molecular flexibility index (Phi) is 6.42. The topological polar surface area (TPSA) is 66.5 Å². The Morgan fingerprint density at radius 3 is 2.33 bits per heavy atom. The predicted molar refractivity (Wildman–Crippen MR) is 101 cm³/mol. The molecular formula is C16H19BrN2O3S2. The Bertz CT molecular complexity index is 801.